The highest BCUT2D eigenvalue weighted by molar-refractivity contribution is 9.10. The molecular weight excluding hydrogens is 344 g/mol. The van der Waals surface area contributed by atoms with Crippen LogP contribution < -0.4 is 14.9 Å². The fourth-order valence-electron chi connectivity index (χ4n) is 1.82. The monoisotopic (exact) mass is 362 g/mol. The van der Waals surface area contributed by atoms with E-state index in [1.165, 1.54) is 0 Å². The molecule has 0 aliphatic heterocycles. The summed E-state index contributed by atoms with van der Waals surface area (Å²) < 4.78 is 11.9. The molecule has 0 fully saturated rings. The van der Waals surface area contributed by atoms with Crippen LogP contribution >= 0.6 is 15.9 Å². The maximum atomic E-state index is 5.67. The molecule has 0 unspecified atom stereocenters. The summed E-state index contributed by atoms with van der Waals surface area (Å²) in [4.78, 5) is 0. The molecule has 2 rings (SSSR count). The summed E-state index contributed by atoms with van der Waals surface area (Å²) >= 11 is 3.53. The van der Waals surface area contributed by atoms with Crippen LogP contribution in [0.2, 0.25) is 0 Å². The van der Waals surface area contributed by atoms with Crippen LogP contribution in [0.5, 0.6) is 11.5 Å². The van der Waals surface area contributed by atoms with E-state index in [0.717, 1.165) is 27.9 Å². The van der Waals surface area contributed by atoms with Gasteiger partial charge in [-0.05, 0) is 46.6 Å². The van der Waals surface area contributed by atoms with Gasteiger partial charge < -0.3 is 9.47 Å². The minimum atomic E-state index is 0.659. The summed E-state index contributed by atoms with van der Waals surface area (Å²) in [5, 5.41) is 4.24. The molecule has 0 saturated carbocycles. The Morgan fingerprint density at radius 2 is 1.95 bits per heavy atom. The van der Waals surface area contributed by atoms with Gasteiger partial charge in [0.05, 0.1) is 25.6 Å². The van der Waals surface area contributed by atoms with Gasteiger partial charge in [-0.25, -0.2) is 0 Å². The van der Waals surface area contributed by atoms with Crippen molar-refractivity contribution in [3.8, 4) is 11.5 Å². The molecule has 0 saturated heterocycles. The summed E-state index contributed by atoms with van der Waals surface area (Å²) in [6.07, 6.45) is 2.69. The SMILES string of the molecule is CCCOc1cc(Br)c(C=NNc2ccccc2)cc1OC. The van der Waals surface area contributed by atoms with Crippen molar-refractivity contribution in [2.24, 2.45) is 5.10 Å². The normalized spacial score (nSPS) is 10.7. The Hall–Kier alpha value is -2.01. The summed E-state index contributed by atoms with van der Waals surface area (Å²) in [6.45, 7) is 2.73. The highest BCUT2D eigenvalue weighted by Crippen LogP contribution is 2.33. The summed E-state index contributed by atoms with van der Waals surface area (Å²) in [5.74, 6) is 1.42. The van der Waals surface area contributed by atoms with E-state index in [9.17, 15) is 0 Å². The van der Waals surface area contributed by atoms with Crippen molar-refractivity contribution in [1.82, 2.24) is 0 Å². The van der Waals surface area contributed by atoms with E-state index in [1.54, 1.807) is 13.3 Å². The highest BCUT2D eigenvalue weighted by Gasteiger charge is 2.09. The van der Waals surface area contributed by atoms with Gasteiger partial charge in [-0.2, -0.15) is 5.10 Å². The lowest BCUT2D eigenvalue weighted by molar-refractivity contribution is 0.294. The smallest absolute Gasteiger partial charge is 0.162 e. The topological polar surface area (TPSA) is 42.8 Å². The van der Waals surface area contributed by atoms with Gasteiger partial charge in [-0.3, -0.25) is 5.43 Å². The molecule has 0 radical (unpaired) electrons. The molecule has 0 aromatic heterocycles. The number of halogens is 1. The number of hydrazone groups is 1. The number of ether oxygens (including phenoxy) is 2. The van der Waals surface area contributed by atoms with Crippen molar-refractivity contribution in [2.45, 2.75) is 13.3 Å². The Labute approximate surface area is 139 Å². The Morgan fingerprint density at radius 3 is 2.64 bits per heavy atom. The van der Waals surface area contributed by atoms with Gasteiger partial charge >= 0.3 is 0 Å². The minimum absolute atomic E-state index is 0.659. The van der Waals surface area contributed by atoms with E-state index in [-0.39, 0.29) is 0 Å². The van der Waals surface area contributed by atoms with Gasteiger partial charge in [0.1, 0.15) is 0 Å². The molecule has 0 heterocycles. The Balaban J connectivity index is 2.13. The van der Waals surface area contributed by atoms with Gasteiger partial charge in [-0.1, -0.05) is 25.1 Å². The van der Waals surface area contributed by atoms with Crippen molar-refractivity contribution < 1.29 is 9.47 Å². The first-order valence-corrected chi connectivity index (χ1v) is 7.88. The van der Waals surface area contributed by atoms with Gasteiger partial charge in [0, 0.05) is 10.0 Å². The molecule has 5 heteroatoms. The maximum Gasteiger partial charge on any atom is 0.162 e. The Bertz CT molecular complexity index is 630. The fraction of sp³-hybridized carbons (Fsp3) is 0.235. The lowest BCUT2D eigenvalue weighted by atomic mass is 10.2. The largest absolute Gasteiger partial charge is 0.493 e. The average molecular weight is 363 g/mol. The number of methoxy groups -OCH3 is 1. The van der Waals surface area contributed by atoms with Gasteiger partial charge in [-0.15, -0.1) is 0 Å². The molecule has 0 bridgehead atoms. The molecule has 22 heavy (non-hydrogen) atoms. The molecular formula is C17H19BrN2O2. The van der Waals surface area contributed by atoms with Crippen LogP contribution in [-0.4, -0.2) is 19.9 Å². The second-order valence-corrected chi connectivity index (χ2v) is 5.46. The van der Waals surface area contributed by atoms with Crippen LogP contribution in [0, 0.1) is 0 Å². The summed E-state index contributed by atoms with van der Waals surface area (Å²) in [7, 11) is 1.63. The zero-order chi connectivity index (χ0) is 15.8. The standard InChI is InChI=1S/C17H19BrN2O2/c1-3-9-22-17-11-15(18)13(10-16(17)21-2)12-19-20-14-7-5-4-6-8-14/h4-8,10-12,20H,3,9H2,1-2H3. The predicted molar refractivity (Wildman–Crippen MR) is 94.1 cm³/mol. The van der Waals surface area contributed by atoms with Gasteiger partial charge in [0.25, 0.3) is 0 Å². The van der Waals surface area contributed by atoms with E-state index >= 15 is 0 Å². The minimum Gasteiger partial charge on any atom is -0.493 e. The first kappa shape index (κ1) is 16.4. The Kier molecular flexibility index (Phi) is 6.27. The van der Waals surface area contributed by atoms with Crippen LogP contribution in [0.3, 0.4) is 0 Å². The molecule has 116 valence electrons. The molecule has 0 aliphatic rings. The Morgan fingerprint density at radius 1 is 1.18 bits per heavy atom. The lowest BCUT2D eigenvalue weighted by Gasteiger charge is -2.12. The number of anilines is 1. The van der Waals surface area contributed by atoms with Crippen LogP contribution in [0.4, 0.5) is 5.69 Å². The quantitative estimate of drug-likeness (QED) is 0.573. The fourth-order valence-corrected chi connectivity index (χ4v) is 2.25. The molecule has 2 aromatic carbocycles. The van der Waals surface area contributed by atoms with E-state index in [1.807, 2.05) is 42.5 Å². The van der Waals surface area contributed by atoms with Crippen molar-refractivity contribution in [3.05, 3.63) is 52.5 Å². The zero-order valence-corrected chi connectivity index (χ0v) is 14.3. The molecule has 1 N–H and O–H groups in total. The van der Waals surface area contributed by atoms with Crippen molar-refractivity contribution >= 4 is 27.8 Å². The van der Waals surface area contributed by atoms with E-state index in [4.69, 9.17) is 9.47 Å². The van der Waals surface area contributed by atoms with Crippen LogP contribution in [0.25, 0.3) is 0 Å². The van der Waals surface area contributed by atoms with Crippen molar-refractivity contribution in [1.29, 1.82) is 0 Å². The number of nitrogens with zero attached hydrogens (tertiary/aromatic N) is 1. The third kappa shape index (κ3) is 4.49. The molecule has 0 atom stereocenters. The molecule has 0 spiro atoms. The van der Waals surface area contributed by atoms with E-state index in [0.29, 0.717) is 12.4 Å². The first-order valence-electron chi connectivity index (χ1n) is 7.09. The third-order valence-electron chi connectivity index (χ3n) is 2.92. The molecule has 0 aliphatic carbocycles. The predicted octanol–water partition coefficient (Wildman–Crippen LogP) is 4.69. The van der Waals surface area contributed by atoms with E-state index < -0.39 is 0 Å². The summed E-state index contributed by atoms with van der Waals surface area (Å²) in [5.41, 5.74) is 4.82. The highest BCUT2D eigenvalue weighted by atomic mass is 79.9. The van der Waals surface area contributed by atoms with Gasteiger partial charge in [0.2, 0.25) is 0 Å². The van der Waals surface area contributed by atoms with Crippen LogP contribution in [0.15, 0.2) is 52.0 Å². The maximum absolute atomic E-state index is 5.67. The second kappa shape index (κ2) is 8.44. The molecule has 2 aromatic rings. The lowest BCUT2D eigenvalue weighted by Crippen LogP contribution is -1.99. The van der Waals surface area contributed by atoms with Crippen LogP contribution in [0.1, 0.15) is 18.9 Å². The summed E-state index contributed by atoms with van der Waals surface area (Å²) in [6, 6.07) is 13.6. The number of hydrogen-bond acceptors (Lipinski definition) is 4. The first-order chi connectivity index (χ1) is 10.7. The zero-order valence-electron chi connectivity index (χ0n) is 12.7. The average Bonchev–Trinajstić information content (AvgIpc) is 2.55. The van der Waals surface area contributed by atoms with Crippen molar-refractivity contribution in [2.75, 3.05) is 19.1 Å². The van der Waals surface area contributed by atoms with Crippen LogP contribution in [-0.2, 0) is 0 Å². The van der Waals surface area contributed by atoms with Crippen molar-refractivity contribution in [3.63, 3.8) is 0 Å². The van der Waals surface area contributed by atoms with Gasteiger partial charge in [0.15, 0.2) is 11.5 Å². The molecule has 0 amide bonds. The number of rotatable bonds is 7. The molecule has 4 nitrogen and oxygen atoms in total. The second-order valence-electron chi connectivity index (χ2n) is 4.61. The number of benzene rings is 2. The number of nitrogens with one attached hydrogen (secondary N) is 1. The van der Waals surface area contributed by atoms with E-state index in [2.05, 4.69) is 33.4 Å². The number of para-hydroxylation sites is 1. The number of hydrogen-bond donors (Lipinski definition) is 1. The third-order valence-corrected chi connectivity index (χ3v) is 3.60.